The molecule has 2 N–H and O–H groups in total. The van der Waals surface area contributed by atoms with Crippen molar-refractivity contribution in [3.8, 4) is 0 Å². The molecule has 0 unspecified atom stereocenters. The molecular formula is C8H15N. The Hall–Kier alpha value is -0.0400. The van der Waals surface area contributed by atoms with Crippen LogP contribution < -0.4 is 5.73 Å². The van der Waals surface area contributed by atoms with E-state index in [0.717, 1.165) is 24.3 Å². The maximum Gasteiger partial charge on any atom is -0.00746 e. The first-order chi connectivity index (χ1) is 4.40. The third-order valence-corrected chi connectivity index (χ3v) is 2.92. The van der Waals surface area contributed by atoms with Crippen LogP contribution in [0.5, 0.6) is 0 Å². The highest BCUT2D eigenvalue weighted by Gasteiger charge is 2.45. The van der Waals surface area contributed by atoms with E-state index >= 15 is 0 Å². The first-order valence-corrected chi connectivity index (χ1v) is 4.10. The van der Waals surface area contributed by atoms with Crippen molar-refractivity contribution in [3.05, 3.63) is 0 Å². The van der Waals surface area contributed by atoms with E-state index in [-0.39, 0.29) is 0 Å². The average molecular weight is 125 g/mol. The Kier molecular flexibility index (Phi) is 1.26. The number of rotatable bonds is 2. The summed E-state index contributed by atoms with van der Waals surface area (Å²) in [5, 5.41) is 0. The van der Waals surface area contributed by atoms with E-state index in [1.165, 1.54) is 19.3 Å². The molecule has 0 saturated heterocycles. The number of hydrogen-bond donors (Lipinski definition) is 1. The molecule has 2 aliphatic carbocycles. The van der Waals surface area contributed by atoms with Crippen molar-refractivity contribution in [3.63, 3.8) is 0 Å². The fourth-order valence-corrected chi connectivity index (χ4v) is 2.31. The molecule has 2 rings (SSSR count). The molecule has 1 nitrogen and oxygen atoms in total. The van der Waals surface area contributed by atoms with Gasteiger partial charge in [0.25, 0.3) is 0 Å². The molecule has 1 heteroatoms. The molecule has 0 spiro atoms. The van der Waals surface area contributed by atoms with Crippen LogP contribution >= 0.6 is 0 Å². The van der Waals surface area contributed by atoms with Crippen LogP contribution in [-0.2, 0) is 0 Å². The molecule has 0 aromatic rings. The summed E-state index contributed by atoms with van der Waals surface area (Å²) in [6.45, 7) is 0.907. The van der Waals surface area contributed by atoms with Gasteiger partial charge in [0.2, 0.25) is 0 Å². The molecule has 2 fully saturated rings. The number of fused-ring (bicyclic) bond motifs is 1. The van der Waals surface area contributed by atoms with E-state index < -0.39 is 0 Å². The molecule has 0 aromatic carbocycles. The van der Waals surface area contributed by atoms with Crippen LogP contribution in [-0.4, -0.2) is 6.54 Å². The lowest BCUT2D eigenvalue weighted by atomic mass is 10.0. The second-order valence-corrected chi connectivity index (χ2v) is 3.67. The molecule has 52 valence electrons. The van der Waals surface area contributed by atoms with Gasteiger partial charge in [-0.1, -0.05) is 0 Å². The molecule has 2 atom stereocenters. The fourth-order valence-electron chi connectivity index (χ4n) is 2.31. The van der Waals surface area contributed by atoms with E-state index in [4.69, 9.17) is 5.73 Å². The lowest BCUT2D eigenvalue weighted by molar-refractivity contribution is 0.459. The van der Waals surface area contributed by atoms with Gasteiger partial charge < -0.3 is 5.73 Å². The fraction of sp³-hybridized carbons (Fsp3) is 1.00. The van der Waals surface area contributed by atoms with Crippen LogP contribution in [0, 0.1) is 17.8 Å². The Morgan fingerprint density at radius 3 is 2.33 bits per heavy atom. The zero-order valence-corrected chi connectivity index (χ0v) is 5.84. The maximum atomic E-state index is 5.47. The largest absolute Gasteiger partial charge is 0.330 e. The van der Waals surface area contributed by atoms with Crippen molar-refractivity contribution < 1.29 is 0 Å². The van der Waals surface area contributed by atoms with Crippen molar-refractivity contribution in [2.45, 2.75) is 25.7 Å². The van der Waals surface area contributed by atoms with Crippen molar-refractivity contribution in [2.75, 3.05) is 6.54 Å². The molecule has 0 amide bonds. The second kappa shape index (κ2) is 1.98. The lowest BCUT2D eigenvalue weighted by Gasteiger charge is -2.07. The van der Waals surface area contributed by atoms with Crippen LogP contribution in [0.1, 0.15) is 25.7 Å². The van der Waals surface area contributed by atoms with Crippen molar-refractivity contribution in [1.29, 1.82) is 0 Å². The summed E-state index contributed by atoms with van der Waals surface area (Å²) in [6.07, 6.45) is 5.83. The van der Waals surface area contributed by atoms with Crippen LogP contribution in [0.25, 0.3) is 0 Å². The van der Waals surface area contributed by atoms with Gasteiger partial charge in [-0.3, -0.25) is 0 Å². The molecule has 9 heavy (non-hydrogen) atoms. The van der Waals surface area contributed by atoms with E-state index in [9.17, 15) is 0 Å². The quantitative estimate of drug-likeness (QED) is 0.593. The van der Waals surface area contributed by atoms with Gasteiger partial charge in [0.1, 0.15) is 0 Å². The van der Waals surface area contributed by atoms with Crippen molar-refractivity contribution in [1.82, 2.24) is 0 Å². The van der Waals surface area contributed by atoms with Crippen LogP contribution in [0.15, 0.2) is 0 Å². The van der Waals surface area contributed by atoms with Crippen molar-refractivity contribution >= 4 is 0 Å². The third kappa shape index (κ3) is 0.983. The summed E-state index contributed by atoms with van der Waals surface area (Å²) in [5.41, 5.74) is 5.47. The minimum Gasteiger partial charge on any atom is -0.330 e. The van der Waals surface area contributed by atoms with Gasteiger partial charge in [0, 0.05) is 0 Å². The maximum absolute atomic E-state index is 5.47. The molecule has 0 aliphatic heterocycles. The van der Waals surface area contributed by atoms with Crippen LogP contribution in [0.4, 0.5) is 0 Å². The summed E-state index contributed by atoms with van der Waals surface area (Å²) < 4.78 is 0. The van der Waals surface area contributed by atoms with Gasteiger partial charge in [0.05, 0.1) is 0 Å². The third-order valence-electron chi connectivity index (χ3n) is 2.92. The van der Waals surface area contributed by atoms with Gasteiger partial charge >= 0.3 is 0 Å². The molecule has 0 aromatic heterocycles. The Morgan fingerprint density at radius 1 is 1.11 bits per heavy atom. The minimum atomic E-state index is 0.907. The zero-order valence-electron chi connectivity index (χ0n) is 5.84. The van der Waals surface area contributed by atoms with Gasteiger partial charge in [-0.05, 0) is 50.0 Å². The van der Waals surface area contributed by atoms with E-state index in [1.54, 1.807) is 6.42 Å². The first-order valence-electron chi connectivity index (χ1n) is 4.10. The highest BCUT2D eigenvalue weighted by atomic mass is 14.6. The predicted octanol–water partition coefficient (Wildman–Crippen LogP) is 1.38. The summed E-state index contributed by atoms with van der Waals surface area (Å²) in [4.78, 5) is 0. The van der Waals surface area contributed by atoms with Crippen molar-refractivity contribution in [2.24, 2.45) is 23.5 Å². The van der Waals surface area contributed by atoms with E-state index in [1.807, 2.05) is 0 Å². The molecule has 2 aliphatic rings. The normalized spacial score (nSPS) is 41.0. The molecule has 0 bridgehead atoms. The Balaban J connectivity index is 1.77. The van der Waals surface area contributed by atoms with Gasteiger partial charge in [-0.2, -0.15) is 0 Å². The summed E-state index contributed by atoms with van der Waals surface area (Å²) in [6, 6.07) is 0. The highest BCUT2D eigenvalue weighted by Crippen LogP contribution is 2.54. The number of hydrogen-bond acceptors (Lipinski definition) is 1. The van der Waals surface area contributed by atoms with Gasteiger partial charge in [-0.15, -0.1) is 0 Å². The predicted molar refractivity (Wildman–Crippen MR) is 38.0 cm³/mol. The molecule has 0 radical (unpaired) electrons. The summed E-state index contributed by atoms with van der Waals surface area (Å²) >= 11 is 0. The monoisotopic (exact) mass is 125 g/mol. The van der Waals surface area contributed by atoms with Crippen LogP contribution in [0.2, 0.25) is 0 Å². The SMILES string of the molecule is NCCC1C[C@H]2C[C@@H]2C1. The molecule has 0 heterocycles. The minimum absolute atomic E-state index is 0.907. The number of nitrogens with two attached hydrogens (primary N) is 1. The second-order valence-electron chi connectivity index (χ2n) is 3.67. The highest BCUT2D eigenvalue weighted by molar-refractivity contribution is 4.95. The Labute approximate surface area is 56.6 Å². The first kappa shape index (κ1) is 5.72. The van der Waals surface area contributed by atoms with Crippen LogP contribution in [0.3, 0.4) is 0 Å². The Morgan fingerprint density at radius 2 is 1.78 bits per heavy atom. The Bertz CT molecular complexity index is 101. The lowest BCUT2D eigenvalue weighted by Crippen LogP contribution is -2.06. The smallest absolute Gasteiger partial charge is 0.00746 e. The van der Waals surface area contributed by atoms with E-state index in [2.05, 4.69) is 0 Å². The topological polar surface area (TPSA) is 26.0 Å². The summed E-state index contributed by atoms with van der Waals surface area (Å²) in [7, 11) is 0. The zero-order chi connectivity index (χ0) is 6.27. The van der Waals surface area contributed by atoms with E-state index in [0.29, 0.717) is 0 Å². The standard InChI is InChI=1S/C8H15N/c9-2-1-6-3-7-5-8(7)4-6/h6-8H,1-5,9H2/t7-,8-/m0/s1. The average Bonchev–Trinajstić information content (AvgIpc) is 2.42. The van der Waals surface area contributed by atoms with Gasteiger partial charge in [0.15, 0.2) is 0 Å². The van der Waals surface area contributed by atoms with Gasteiger partial charge in [-0.25, -0.2) is 0 Å². The molecular weight excluding hydrogens is 110 g/mol. The summed E-state index contributed by atoms with van der Waals surface area (Å²) in [5.74, 6) is 3.29. The molecule has 2 saturated carbocycles.